The number of carbonyl (C=O) groups is 1. The summed E-state index contributed by atoms with van der Waals surface area (Å²) < 4.78 is 1.66. The molecule has 3 rings (SSSR count). The number of nitrogens with two attached hydrogens (primary N) is 1. The molecule has 134 valence electrons. The third-order valence-corrected chi connectivity index (χ3v) is 4.00. The highest BCUT2D eigenvalue weighted by Gasteiger charge is 2.13. The van der Waals surface area contributed by atoms with E-state index in [2.05, 4.69) is 25.7 Å². The van der Waals surface area contributed by atoms with Crippen LogP contribution in [0.1, 0.15) is 21.5 Å². The molecular formula is C17H18ClN7O. The lowest BCUT2D eigenvalue weighted by atomic mass is 10.1. The van der Waals surface area contributed by atoms with Gasteiger partial charge in [-0.1, -0.05) is 17.7 Å². The number of benzene rings is 1. The summed E-state index contributed by atoms with van der Waals surface area (Å²) in [6.45, 7) is 2.43. The van der Waals surface area contributed by atoms with Crippen molar-refractivity contribution in [2.75, 3.05) is 10.6 Å². The maximum atomic E-state index is 11.7. The van der Waals surface area contributed by atoms with Crippen LogP contribution in [0.4, 0.5) is 17.5 Å². The molecule has 9 heteroatoms. The Balaban J connectivity index is 1.83. The zero-order valence-corrected chi connectivity index (χ0v) is 15.1. The molecule has 0 aliphatic rings. The van der Waals surface area contributed by atoms with Crippen LogP contribution >= 0.6 is 11.6 Å². The minimum atomic E-state index is -0.603. The highest BCUT2D eigenvalue weighted by atomic mass is 35.5. The van der Waals surface area contributed by atoms with E-state index in [9.17, 15) is 4.79 Å². The van der Waals surface area contributed by atoms with Crippen LogP contribution in [0, 0.1) is 6.92 Å². The first-order valence-corrected chi connectivity index (χ1v) is 8.21. The van der Waals surface area contributed by atoms with E-state index in [1.807, 2.05) is 32.2 Å². The average molecular weight is 372 g/mol. The Morgan fingerprint density at radius 1 is 1.35 bits per heavy atom. The van der Waals surface area contributed by atoms with E-state index in [1.165, 1.54) is 6.20 Å². The maximum absolute atomic E-state index is 11.7. The van der Waals surface area contributed by atoms with Crippen LogP contribution in [0.25, 0.3) is 0 Å². The van der Waals surface area contributed by atoms with E-state index in [1.54, 1.807) is 17.1 Å². The second-order valence-electron chi connectivity index (χ2n) is 5.77. The molecule has 0 unspecified atom stereocenters. The number of amides is 1. The van der Waals surface area contributed by atoms with Gasteiger partial charge in [-0.2, -0.15) is 10.1 Å². The minimum Gasteiger partial charge on any atom is -0.365 e. The van der Waals surface area contributed by atoms with Crippen LogP contribution in [-0.4, -0.2) is 25.7 Å². The molecular weight excluding hydrogens is 354 g/mol. The van der Waals surface area contributed by atoms with Gasteiger partial charge in [-0.3, -0.25) is 9.48 Å². The van der Waals surface area contributed by atoms with Gasteiger partial charge in [-0.15, -0.1) is 0 Å². The van der Waals surface area contributed by atoms with Gasteiger partial charge in [0.1, 0.15) is 5.82 Å². The molecule has 4 N–H and O–H groups in total. The van der Waals surface area contributed by atoms with Crippen LogP contribution in [0.2, 0.25) is 5.02 Å². The topological polar surface area (TPSA) is 111 Å². The summed E-state index contributed by atoms with van der Waals surface area (Å²) in [6, 6.07) is 5.61. The van der Waals surface area contributed by atoms with Crippen LogP contribution in [-0.2, 0) is 13.6 Å². The number of anilines is 3. The van der Waals surface area contributed by atoms with Gasteiger partial charge in [-0.05, 0) is 30.2 Å². The van der Waals surface area contributed by atoms with Crippen molar-refractivity contribution in [2.24, 2.45) is 12.8 Å². The van der Waals surface area contributed by atoms with Crippen molar-refractivity contribution in [2.45, 2.75) is 13.5 Å². The Morgan fingerprint density at radius 3 is 2.81 bits per heavy atom. The Bertz CT molecular complexity index is 954. The van der Waals surface area contributed by atoms with Crippen molar-refractivity contribution in [1.29, 1.82) is 0 Å². The first-order valence-electron chi connectivity index (χ1n) is 7.84. The van der Waals surface area contributed by atoms with Crippen LogP contribution in [0.5, 0.6) is 0 Å². The Kier molecular flexibility index (Phi) is 5.04. The smallest absolute Gasteiger partial charge is 0.254 e. The first kappa shape index (κ1) is 17.7. The van der Waals surface area contributed by atoms with Gasteiger partial charge in [0, 0.05) is 31.0 Å². The number of rotatable bonds is 6. The largest absolute Gasteiger partial charge is 0.365 e. The van der Waals surface area contributed by atoms with Gasteiger partial charge in [-0.25, -0.2) is 4.98 Å². The van der Waals surface area contributed by atoms with Gasteiger partial charge < -0.3 is 16.4 Å². The lowest BCUT2D eigenvalue weighted by Gasteiger charge is -2.12. The number of nitrogens with zero attached hydrogens (tertiary/aromatic N) is 4. The fourth-order valence-corrected chi connectivity index (χ4v) is 2.64. The molecule has 8 nitrogen and oxygen atoms in total. The number of nitrogens with one attached hydrogen (secondary N) is 2. The van der Waals surface area contributed by atoms with Gasteiger partial charge >= 0.3 is 0 Å². The van der Waals surface area contributed by atoms with E-state index in [-0.39, 0.29) is 5.56 Å². The summed E-state index contributed by atoms with van der Waals surface area (Å²) >= 11 is 5.98. The van der Waals surface area contributed by atoms with Crippen molar-refractivity contribution < 1.29 is 4.79 Å². The van der Waals surface area contributed by atoms with Crippen LogP contribution in [0.15, 0.2) is 36.8 Å². The molecule has 0 radical (unpaired) electrons. The summed E-state index contributed by atoms with van der Waals surface area (Å²) in [5, 5.41) is 10.9. The zero-order chi connectivity index (χ0) is 18.7. The Hall–Kier alpha value is -3.13. The van der Waals surface area contributed by atoms with Crippen molar-refractivity contribution in [3.05, 3.63) is 58.5 Å². The normalized spacial score (nSPS) is 10.6. The monoisotopic (exact) mass is 371 g/mol. The van der Waals surface area contributed by atoms with Gasteiger partial charge in [0.2, 0.25) is 5.95 Å². The first-order chi connectivity index (χ1) is 12.4. The van der Waals surface area contributed by atoms with Crippen LogP contribution in [0.3, 0.4) is 0 Å². The minimum absolute atomic E-state index is 0.216. The molecule has 1 amide bonds. The lowest BCUT2D eigenvalue weighted by molar-refractivity contribution is 0.100. The molecule has 1 aromatic carbocycles. The van der Waals surface area contributed by atoms with Crippen molar-refractivity contribution >= 4 is 35.0 Å². The van der Waals surface area contributed by atoms with Crippen molar-refractivity contribution in [3.63, 3.8) is 0 Å². The molecule has 0 aliphatic heterocycles. The summed E-state index contributed by atoms with van der Waals surface area (Å²) in [7, 11) is 1.81. The second kappa shape index (κ2) is 7.40. The molecule has 0 atom stereocenters. The summed E-state index contributed by atoms with van der Waals surface area (Å²) in [4.78, 5) is 20.2. The fraction of sp³-hybridized carbons (Fsp3) is 0.176. The van der Waals surface area contributed by atoms with E-state index >= 15 is 0 Å². The Morgan fingerprint density at radius 2 is 2.15 bits per heavy atom. The molecule has 3 aromatic rings. The quantitative estimate of drug-likeness (QED) is 0.614. The predicted octanol–water partition coefficient (Wildman–Crippen LogP) is 2.63. The summed E-state index contributed by atoms with van der Waals surface area (Å²) in [5.41, 5.74) is 8.45. The number of hydrogen-bond donors (Lipinski definition) is 3. The zero-order valence-electron chi connectivity index (χ0n) is 14.3. The average Bonchev–Trinajstić information content (AvgIpc) is 2.99. The number of carbonyl (C=O) groups excluding carboxylic acids is 1. The molecule has 2 aromatic heterocycles. The fourth-order valence-electron chi connectivity index (χ4n) is 2.41. The molecule has 0 bridgehead atoms. The van der Waals surface area contributed by atoms with E-state index in [0.29, 0.717) is 23.3 Å². The van der Waals surface area contributed by atoms with E-state index in [0.717, 1.165) is 16.8 Å². The third-order valence-electron chi connectivity index (χ3n) is 3.77. The van der Waals surface area contributed by atoms with Gasteiger partial charge in [0.15, 0.2) is 0 Å². The highest BCUT2D eigenvalue weighted by Crippen LogP contribution is 2.20. The lowest BCUT2D eigenvalue weighted by Crippen LogP contribution is -2.17. The molecule has 0 saturated carbocycles. The number of aromatic nitrogens is 4. The van der Waals surface area contributed by atoms with E-state index in [4.69, 9.17) is 17.3 Å². The van der Waals surface area contributed by atoms with Crippen molar-refractivity contribution in [1.82, 2.24) is 19.7 Å². The van der Waals surface area contributed by atoms with Gasteiger partial charge in [0.25, 0.3) is 5.91 Å². The highest BCUT2D eigenvalue weighted by molar-refractivity contribution is 6.30. The molecule has 26 heavy (non-hydrogen) atoms. The molecule has 2 heterocycles. The molecule has 0 saturated heterocycles. The summed E-state index contributed by atoms with van der Waals surface area (Å²) in [5.74, 6) is 0.0832. The SMILES string of the molecule is Cc1cc(Cl)ccc1CNc1nc(Nc2cnn(C)c2)ncc1C(N)=O. The van der Waals surface area contributed by atoms with Crippen LogP contribution < -0.4 is 16.4 Å². The van der Waals surface area contributed by atoms with Gasteiger partial charge in [0.05, 0.1) is 17.4 Å². The third kappa shape index (κ3) is 4.09. The van der Waals surface area contributed by atoms with Crippen molar-refractivity contribution in [3.8, 4) is 0 Å². The summed E-state index contributed by atoms with van der Waals surface area (Å²) in [6.07, 6.45) is 4.83. The standard InChI is InChI=1S/C17H18ClN7O/c1-10-5-12(18)4-3-11(10)6-20-16-14(15(19)26)8-21-17(24-16)23-13-7-22-25(2)9-13/h3-5,7-9H,6H2,1-2H3,(H2,19,26)(H2,20,21,23,24). The second-order valence-corrected chi connectivity index (χ2v) is 6.21. The predicted molar refractivity (Wildman–Crippen MR) is 101 cm³/mol. The number of halogens is 1. The van der Waals surface area contributed by atoms with E-state index < -0.39 is 5.91 Å². The maximum Gasteiger partial charge on any atom is 0.254 e. The number of aryl methyl sites for hydroxylation is 2. The number of primary amides is 1. The Labute approximate surface area is 155 Å². The molecule has 0 aliphatic carbocycles. The molecule has 0 spiro atoms. The number of hydrogen-bond acceptors (Lipinski definition) is 6. The molecule has 0 fully saturated rings.